The van der Waals surface area contributed by atoms with Crippen LogP contribution < -0.4 is 0 Å². The van der Waals surface area contributed by atoms with Gasteiger partial charge in [-0.3, -0.25) is 0 Å². The largest absolute Gasteiger partial charge is 0.441 e. The third-order valence-corrected chi connectivity index (χ3v) is 7.38. The average molecular weight is 358 g/mol. The highest BCUT2D eigenvalue weighted by atomic mass is 32.3. The lowest BCUT2D eigenvalue weighted by Gasteiger charge is -2.31. The Hall–Kier alpha value is -2.30. The zero-order chi connectivity index (χ0) is 17.6. The monoisotopic (exact) mass is 358 g/mol. The van der Waals surface area contributed by atoms with E-state index in [-0.39, 0.29) is 0 Å². The Morgan fingerprint density at radius 1 is 1.24 bits per heavy atom. The van der Waals surface area contributed by atoms with E-state index in [2.05, 4.69) is 17.9 Å². The fourth-order valence-electron chi connectivity index (χ4n) is 3.69. The third kappa shape index (κ3) is 2.53. The molecule has 0 atom stereocenters. The topological polar surface area (TPSA) is 79.6 Å². The molecule has 3 aliphatic rings. The van der Waals surface area contributed by atoms with Crippen molar-refractivity contribution in [2.45, 2.75) is 24.7 Å². The number of fused-ring (bicyclic) bond motifs is 2. The second kappa shape index (κ2) is 5.90. The molecule has 0 saturated carbocycles. The summed E-state index contributed by atoms with van der Waals surface area (Å²) in [6.45, 7) is 5.20. The van der Waals surface area contributed by atoms with Gasteiger partial charge >= 0.3 is 11.9 Å². The first kappa shape index (κ1) is 16.2. The van der Waals surface area contributed by atoms with E-state index in [0.717, 1.165) is 43.6 Å². The van der Waals surface area contributed by atoms with Crippen LogP contribution in [0.5, 0.6) is 0 Å². The minimum atomic E-state index is -2.51. The summed E-state index contributed by atoms with van der Waals surface area (Å²) < 4.78 is 10.8. The van der Waals surface area contributed by atoms with Crippen molar-refractivity contribution in [1.29, 1.82) is 5.26 Å². The summed E-state index contributed by atoms with van der Waals surface area (Å²) in [6, 6.07) is 7.39. The van der Waals surface area contributed by atoms with Crippen molar-refractivity contribution in [2.75, 3.05) is 19.6 Å². The molecule has 1 aromatic carbocycles. The van der Waals surface area contributed by atoms with Crippen molar-refractivity contribution >= 4 is 28.1 Å². The van der Waals surface area contributed by atoms with E-state index in [1.165, 1.54) is 0 Å². The number of benzene rings is 1. The quantitative estimate of drug-likeness (QED) is 0.756. The Labute approximate surface area is 147 Å². The van der Waals surface area contributed by atoms with Crippen LogP contribution in [0.3, 0.4) is 0 Å². The first-order chi connectivity index (χ1) is 12.1. The lowest BCUT2D eigenvalue weighted by atomic mass is 9.86. The van der Waals surface area contributed by atoms with Crippen molar-refractivity contribution < 1.29 is 18.0 Å². The molecule has 0 N–H and O–H groups in total. The number of hydrogen-bond acceptors (Lipinski definition) is 6. The highest BCUT2D eigenvalue weighted by molar-refractivity contribution is 8.29. The molecule has 6 nitrogen and oxygen atoms in total. The van der Waals surface area contributed by atoms with Crippen LogP contribution in [0.2, 0.25) is 0 Å². The number of hydrogen-bond donors (Lipinski definition) is 0. The van der Waals surface area contributed by atoms with Gasteiger partial charge in [-0.05, 0) is 62.2 Å². The zero-order valence-electron chi connectivity index (χ0n) is 13.9. The summed E-state index contributed by atoms with van der Waals surface area (Å²) in [6.07, 6.45) is 1.99. The van der Waals surface area contributed by atoms with Crippen molar-refractivity contribution in [2.24, 2.45) is 5.92 Å². The fourth-order valence-corrected chi connectivity index (χ4v) is 6.11. The summed E-state index contributed by atoms with van der Waals surface area (Å²) in [7, 11) is -2.51. The molecule has 0 amide bonds. The maximum Gasteiger partial charge on any atom is 0.441 e. The molecule has 3 heterocycles. The standard InChI is InChI=1S/C18H18N2O4S/c1-2-20-7-5-13(6-8-20)15-11-25(23-17(21)18(22)24-25)16-4-3-12(10-19)9-14(15)16/h3-4,9,11,13H,2,5-8H2,1H3. The normalized spacial score (nSPS) is 23.6. The summed E-state index contributed by atoms with van der Waals surface area (Å²) in [5, 5.41) is 11.1. The number of nitriles is 1. The Morgan fingerprint density at radius 3 is 2.52 bits per heavy atom. The second-order valence-corrected chi connectivity index (χ2v) is 8.49. The first-order valence-corrected chi connectivity index (χ1v) is 9.90. The van der Waals surface area contributed by atoms with E-state index < -0.39 is 22.5 Å². The van der Waals surface area contributed by atoms with Crippen LogP contribution in [0.1, 0.15) is 30.9 Å². The maximum absolute atomic E-state index is 11.7. The minimum absolute atomic E-state index is 0.306. The van der Waals surface area contributed by atoms with Crippen molar-refractivity contribution in [3.63, 3.8) is 0 Å². The van der Waals surface area contributed by atoms with Crippen LogP contribution in [0.4, 0.5) is 0 Å². The molecule has 1 spiro atoms. The molecular weight excluding hydrogens is 340 g/mol. The molecule has 0 radical (unpaired) electrons. The van der Waals surface area contributed by atoms with Crippen LogP contribution in [-0.4, -0.2) is 36.5 Å². The van der Waals surface area contributed by atoms with Gasteiger partial charge in [0.2, 0.25) is 0 Å². The van der Waals surface area contributed by atoms with E-state index in [1.807, 2.05) is 11.5 Å². The van der Waals surface area contributed by atoms with Gasteiger partial charge in [0.15, 0.2) is 0 Å². The number of allylic oxidation sites excluding steroid dienone is 1. The third-order valence-electron chi connectivity index (χ3n) is 5.05. The number of carbonyl (C=O) groups is 2. The van der Waals surface area contributed by atoms with Gasteiger partial charge in [-0.15, -0.1) is 0 Å². The van der Waals surface area contributed by atoms with Crippen molar-refractivity contribution in [3.8, 4) is 6.07 Å². The molecule has 2 fully saturated rings. The molecule has 0 bridgehead atoms. The molecule has 4 rings (SSSR count). The first-order valence-electron chi connectivity index (χ1n) is 8.35. The van der Waals surface area contributed by atoms with Gasteiger partial charge in [-0.2, -0.15) is 5.26 Å². The van der Waals surface area contributed by atoms with Gasteiger partial charge in [-0.1, -0.05) is 17.5 Å². The molecule has 3 aliphatic heterocycles. The van der Waals surface area contributed by atoms with E-state index in [0.29, 0.717) is 16.4 Å². The Bertz CT molecular complexity index is 818. The average Bonchev–Trinajstić information content (AvgIpc) is 3.11. The Kier molecular flexibility index (Phi) is 3.82. The molecule has 2 saturated heterocycles. The Morgan fingerprint density at radius 2 is 1.92 bits per heavy atom. The summed E-state index contributed by atoms with van der Waals surface area (Å²) in [5.41, 5.74) is 2.47. The van der Waals surface area contributed by atoms with E-state index in [9.17, 15) is 14.9 Å². The highest BCUT2D eigenvalue weighted by Gasteiger charge is 2.47. The zero-order valence-corrected chi connectivity index (χ0v) is 14.7. The maximum atomic E-state index is 11.7. The number of piperidine rings is 1. The van der Waals surface area contributed by atoms with Gasteiger partial charge in [0.1, 0.15) is 0 Å². The van der Waals surface area contributed by atoms with Gasteiger partial charge in [0, 0.05) is 5.56 Å². The van der Waals surface area contributed by atoms with E-state index in [4.69, 9.17) is 8.37 Å². The van der Waals surface area contributed by atoms with Gasteiger partial charge in [0.05, 0.1) is 21.9 Å². The van der Waals surface area contributed by atoms with Crippen molar-refractivity contribution in [1.82, 2.24) is 4.90 Å². The second-order valence-electron chi connectivity index (χ2n) is 6.39. The predicted molar refractivity (Wildman–Crippen MR) is 92.0 cm³/mol. The molecule has 0 unspecified atom stereocenters. The van der Waals surface area contributed by atoms with Crippen LogP contribution in [0.15, 0.2) is 28.5 Å². The van der Waals surface area contributed by atoms with Gasteiger partial charge < -0.3 is 13.3 Å². The van der Waals surface area contributed by atoms with Gasteiger partial charge in [0.25, 0.3) is 0 Å². The van der Waals surface area contributed by atoms with E-state index >= 15 is 0 Å². The van der Waals surface area contributed by atoms with Crippen LogP contribution >= 0.6 is 10.6 Å². The number of nitrogens with zero attached hydrogens (tertiary/aromatic N) is 2. The molecular formula is C18H18N2O4S. The number of carbonyl (C=O) groups excluding carboxylic acids is 2. The smallest absolute Gasteiger partial charge is 0.325 e. The van der Waals surface area contributed by atoms with Crippen molar-refractivity contribution in [3.05, 3.63) is 34.7 Å². The molecule has 25 heavy (non-hydrogen) atoms. The molecule has 1 aromatic rings. The molecule has 0 aliphatic carbocycles. The summed E-state index contributed by atoms with van der Waals surface area (Å²) in [4.78, 5) is 26.4. The highest BCUT2D eigenvalue weighted by Crippen LogP contribution is 2.69. The summed E-state index contributed by atoms with van der Waals surface area (Å²) >= 11 is 0. The number of likely N-dealkylation sites (tertiary alicyclic amines) is 1. The predicted octanol–water partition coefficient (Wildman–Crippen LogP) is 2.74. The lowest BCUT2D eigenvalue weighted by molar-refractivity contribution is -0.150. The molecule has 0 aromatic heterocycles. The van der Waals surface area contributed by atoms with Crippen LogP contribution in [-0.2, 0) is 18.0 Å². The fraction of sp³-hybridized carbons (Fsp3) is 0.389. The minimum Gasteiger partial charge on any atom is -0.325 e. The lowest BCUT2D eigenvalue weighted by Crippen LogP contribution is -2.33. The molecule has 130 valence electrons. The Balaban J connectivity index is 1.75. The SMILES string of the molecule is CCN1CCC(C2=CS3(OC(=O)C(=O)O3)c3ccc(C#N)cc32)CC1. The summed E-state index contributed by atoms with van der Waals surface area (Å²) in [5.74, 6) is -1.58. The number of rotatable bonds is 2. The van der Waals surface area contributed by atoms with Crippen LogP contribution in [0.25, 0.3) is 5.57 Å². The van der Waals surface area contributed by atoms with E-state index in [1.54, 1.807) is 12.1 Å². The van der Waals surface area contributed by atoms with Gasteiger partial charge in [-0.25, -0.2) is 9.59 Å². The molecule has 7 heteroatoms. The van der Waals surface area contributed by atoms with Crippen LogP contribution in [0, 0.1) is 17.2 Å².